The molecule has 1 aromatic rings. The van der Waals surface area contributed by atoms with Crippen molar-refractivity contribution in [2.45, 2.75) is 18.3 Å². The van der Waals surface area contributed by atoms with Gasteiger partial charge in [-0.05, 0) is 23.6 Å². The summed E-state index contributed by atoms with van der Waals surface area (Å²) in [5.41, 5.74) is 1.19. The van der Waals surface area contributed by atoms with Gasteiger partial charge in [0.25, 0.3) is 0 Å². The summed E-state index contributed by atoms with van der Waals surface area (Å²) in [6.45, 7) is 5.38. The number of likely N-dealkylation sites (tertiary alicyclic amines) is 1. The van der Waals surface area contributed by atoms with E-state index in [1.165, 1.54) is 17.7 Å². The zero-order chi connectivity index (χ0) is 10.8. The Kier molecular flexibility index (Phi) is 3.42. The predicted molar refractivity (Wildman–Crippen MR) is 63.6 cm³/mol. The van der Waals surface area contributed by atoms with Gasteiger partial charge in [-0.2, -0.15) is 0 Å². The standard InChI is InChI=1S/C12H15BrFN/c1-9-6-15(8-12(9)13)7-10-2-4-11(14)5-3-10/h2-5,9,12H,6-8H2,1H3. The molecule has 1 fully saturated rings. The molecule has 1 heterocycles. The van der Waals surface area contributed by atoms with Crippen molar-refractivity contribution in [2.24, 2.45) is 5.92 Å². The van der Waals surface area contributed by atoms with E-state index in [0.717, 1.165) is 19.6 Å². The van der Waals surface area contributed by atoms with E-state index in [1.54, 1.807) is 0 Å². The maximum absolute atomic E-state index is 12.7. The van der Waals surface area contributed by atoms with Gasteiger partial charge in [-0.1, -0.05) is 35.0 Å². The highest BCUT2D eigenvalue weighted by atomic mass is 79.9. The van der Waals surface area contributed by atoms with Crippen LogP contribution in [-0.2, 0) is 6.54 Å². The molecule has 0 aromatic heterocycles. The lowest BCUT2D eigenvalue weighted by Crippen LogP contribution is -2.20. The van der Waals surface area contributed by atoms with Gasteiger partial charge < -0.3 is 0 Å². The smallest absolute Gasteiger partial charge is 0.123 e. The maximum Gasteiger partial charge on any atom is 0.123 e. The molecular weight excluding hydrogens is 257 g/mol. The molecule has 0 aliphatic carbocycles. The van der Waals surface area contributed by atoms with Crippen LogP contribution in [-0.4, -0.2) is 22.8 Å². The summed E-state index contributed by atoms with van der Waals surface area (Å²) in [7, 11) is 0. The van der Waals surface area contributed by atoms with E-state index >= 15 is 0 Å². The second-order valence-electron chi connectivity index (χ2n) is 4.31. The predicted octanol–water partition coefficient (Wildman–Crippen LogP) is 3.04. The zero-order valence-electron chi connectivity index (χ0n) is 8.79. The largest absolute Gasteiger partial charge is 0.298 e. The second kappa shape index (κ2) is 4.62. The summed E-state index contributed by atoms with van der Waals surface area (Å²) in [6.07, 6.45) is 0. The molecule has 2 unspecified atom stereocenters. The fourth-order valence-corrected chi connectivity index (χ4v) is 2.58. The molecule has 3 heteroatoms. The van der Waals surface area contributed by atoms with E-state index in [-0.39, 0.29) is 5.82 Å². The molecule has 1 aliphatic rings. The van der Waals surface area contributed by atoms with E-state index in [0.29, 0.717) is 10.7 Å². The van der Waals surface area contributed by atoms with Gasteiger partial charge in [-0.15, -0.1) is 0 Å². The Bertz CT molecular complexity index is 315. The van der Waals surface area contributed by atoms with E-state index in [2.05, 4.69) is 27.8 Å². The SMILES string of the molecule is CC1CN(Cc2ccc(F)cc2)CC1Br. The van der Waals surface area contributed by atoms with Crippen LogP contribution in [0.25, 0.3) is 0 Å². The molecule has 0 spiro atoms. The summed E-state index contributed by atoms with van der Waals surface area (Å²) in [4.78, 5) is 3.00. The van der Waals surface area contributed by atoms with Crippen LogP contribution in [0.4, 0.5) is 4.39 Å². The van der Waals surface area contributed by atoms with Gasteiger partial charge in [-0.25, -0.2) is 4.39 Å². The highest BCUT2D eigenvalue weighted by Crippen LogP contribution is 2.24. The molecule has 2 rings (SSSR count). The molecule has 1 aliphatic heterocycles. The normalized spacial score (nSPS) is 27.1. The minimum atomic E-state index is -0.160. The van der Waals surface area contributed by atoms with Gasteiger partial charge in [0.05, 0.1) is 0 Å². The zero-order valence-corrected chi connectivity index (χ0v) is 10.4. The highest BCUT2D eigenvalue weighted by molar-refractivity contribution is 9.09. The third-order valence-corrected chi connectivity index (χ3v) is 4.11. The Morgan fingerprint density at radius 2 is 2.00 bits per heavy atom. The first-order chi connectivity index (χ1) is 7.15. The van der Waals surface area contributed by atoms with Gasteiger partial charge in [0.2, 0.25) is 0 Å². The van der Waals surface area contributed by atoms with E-state index in [9.17, 15) is 4.39 Å². The summed E-state index contributed by atoms with van der Waals surface area (Å²) >= 11 is 3.67. The number of nitrogens with zero attached hydrogens (tertiary/aromatic N) is 1. The van der Waals surface area contributed by atoms with Gasteiger partial charge >= 0.3 is 0 Å². The first-order valence-corrected chi connectivity index (χ1v) is 6.17. The van der Waals surface area contributed by atoms with Crippen molar-refractivity contribution >= 4 is 15.9 Å². The molecule has 1 saturated heterocycles. The van der Waals surface area contributed by atoms with Crippen molar-refractivity contribution in [3.05, 3.63) is 35.6 Å². The van der Waals surface area contributed by atoms with Crippen LogP contribution in [0.5, 0.6) is 0 Å². The van der Waals surface area contributed by atoms with Crippen LogP contribution in [0.15, 0.2) is 24.3 Å². The number of halogens is 2. The van der Waals surface area contributed by atoms with Crippen LogP contribution in [0.3, 0.4) is 0 Å². The molecule has 0 bridgehead atoms. The number of hydrogen-bond donors (Lipinski definition) is 0. The van der Waals surface area contributed by atoms with Gasteiger partial charge in [0.1, 0.15) is 5.82 Å². The monoisotopic (exact) mass is 271 g/mol. The van der Waals surface area contributed by atoms with E-state index < -0.39 is 0 Å². The van der Waals surface area contributed by atoms with Gasteiger partial charge in [0, 0.05) is 24.5 Å². The van der Waals surface area contributed by atoms with Crippen LogP contribution < -0.4 is 0 Å². The van der Waals surface area contributed by atoms with Crippen LogP contribution in [0.1, 0.15) is 12.5 Å². The van der Waals surface area contributed by atoms with Crippen LogP contribution >= 0.6 is 15.9 Å². The Morgan fingerprint density at radius 1 is 1.33 bits per heavy atom. The molecule has 0 amide bonds. The molecule has 2 atom stereocenters. The van der Waals surface area contributed by atoms with Crippen molar-refractivity contribution in [3.8, 4) is 0 Å². The van der Waals surface area contributed by atoms with E-state index in [4.69, 9.17) is 0 Å². The molecule has 0 saturated carbocycles. The van der Waals surface area contributed by atoms with Crippen molar-refractivity contribution in [2.75, 3.05) is 13.1 Å². The summed E-state index contributed by atoms with van der Waals surface area (Å²) in [5.74, 6) is 0.539. The Balaban J connectivity index is 1.95. The Labute approximate surface area is 98.4 Å². The first kappa shape index (κ1) is 11.1. The summed E-state index contributed by atoms with van der Waals surface area (Å²) in [6, 6.07) is 6.78. The average molecular weight is 272 g/mol. The fourth-order valence-electron chi connectivity index (χ4n) is 2.00. The van der Waals surface area contributed by atoms with Crippen LogP contribution in [0, 0.1) is 11.7 Å². The topological polar surface area (TPSA) is 3.24 Å². The minimum absolute atomic E-state index is 0.160. The summed E-state index contributed by atoms with van der Waals surface area (Å²) in [5, 5.41) is 0. The van der Waals surface area contributed by atoms with Gasteiger partial charge in [0.15, 0.2) is 0 Å². The third kappa shape index (κ3) is 2.79. The quantitative estimate of drug-likeness (QED) is 0.748. The van der Waals surface area contributed by atoms with Crippen LogP contribution in [0.2, 0.25) is 0 Å². The second-order valence-corrected chi connectivity index (χ2v) is 5.49. The number of alkyl halides is 1. The van der Waals surface area contributed by atoms with Gasteiger partial charge in [-0.3, -0.25) is 4.90 Å². The molecule has 82 valence electrons. The first-order valence-electron chi connectivity index (χ1n) is 5.26. The van der Waals surface area contributed by atoms with Crippen molar-refractivity contribution in [1.82, 2.24) is 4.90 Å². The van der Waals surface area contributed by atoms with Crippen molar-refractivity contribution in [1.29, 1.82) is 0 Å². The molecule has 15 heavy (non-hydrogen) atoms. The lowest BCUT2D eigenvalue weighted by Gasteiger charge is -2.14. The number of hydrogen-bond acceptors (Lipinski definition) is 1. The van der Waals surface area contributed by atoms with E-state index in [1.807, 2.05) is 12.1 Å². The van der Waals surface area contributed by atoms with Crippen molar-refractivity contribution in [3.63, 3.8) is 0 Å². The number of benzene rings is 1. The molecule has 0 radical (unpaired) electrons. The third-order valence-electron chi connectivity index (χ3n) is 2.92. The maximum atomic E-state index is 12.7. The molecule has 1 aromatic carbocycles. The lowest BCUT2D eigenvalue weighted by atomic mass is 10.2. The molecule has 1 nitrogen and oxygen atoms in total. The highest BCUT2D eigenvalue weighted by Gasteiger charge is 2.26. The molecular formula is C12H15BrFN. The Hall–Kier alpha value is -0.410. The lowest BCUT2D eigenvalue weighted by molar-refractivity contribution is 0.320. The number of rotatable bonds is 2. The molecule has 0 N–H and O–H groups in total. The Morgan fingerprint density at radius 3 is 2.53 bits per heavy atom. The average Bonchev–Trinajstić information content (AvgIpc) is 2.50. The summed E-state index contributed by atoms with van der Waals surface area (Å²) < 4.78 is 12.7. The fraction of sp³-hybridized carbons (Fsp3) is 0.500. The van der Waals surface area contributed by atoms with Crippen molar-refractivity contribution < 1.29 is 4.39 Å². The minimum Gasteiger partial charge on any atom is -0.298 e.